The lowest BCUT2D eigenvalue weighted by Gasteiger charge is -2.19. The summed E-state index contributed by atoms with van der Waals surface area (Å²) in [5, 5.41) is 2.98. The van der Waals surface area contributed by atoms with Gasteiger partial charge in [-0.3, -0.25) is 0 Å². The third-order valence-electron chi connectivity index (χ3n) is 2.49. The van der Waals surface area contributed by atoms with Crippen molar-refractivity contribution in [3.05, 3.63) is 21.9 Å². The Hall–Kier alpha value is -1.03. The van der Waals surface area contributed by atoms with Gasteiger partial charge in [0.15, 0.2) is 0 Å². The molecule has 3 nitrogen and oxygen atoms in total. The molecule has 1 rings (SSSR count). The zero-order valence-electron chi connectivity index (χ0n) is 10.4. The lowest BCUT2D eigenvalue weighted by molar-refractivity contribution is 0.207. The van der Waals surface area contributed by atoms with Crippen LogP contribution in [0, 0.1) is 6.92 Å². The van der Waals surface area contributed by atoms with E-state index in [2.05, 4.69) is 24.4 Å². The molecule has 0 aliphatic heterocycles. The van der Waals surface area contributed by atoms with E-state index in [1.165, 1.54) is 9.75 Å². The quantitative estimate of drug-likeness (QED) is 0.862. The Morgan fingerprint density at radius 3 is 2.75 bits per heavy atom. The number of thiophene rings is 1. The third kappa shape index (κ3) is 3.85. The van der Waals surface area contributed by atoms with E-state index in [0.717, 1.165) is 13.0 Å². The van der Waals surface area contributed by atoms with Gasteiger partial charge < -0.3 is 10.2 Å². The fraction of sp³-hybridized carbons (Fsp3) is 0.583. The van der Waals surface area contributed by atoms with Crippen molar-refractivity contribution < 1.29 is 4.79 Å². The summed E-state index contributed by atoms with van der Waals surface area (Å²) in [6, 6.07) is 4.43. The minimum atomic E-state index is 0.00304. The average Bonchev–Trinajstić information content (AvgIpc) is 2.62. The zero-order valence-corrected chi connectivity index (χ0v) is 11.2. The summed E-state index contributed by atoms with van der Waals surface area (Å²) in [7, 11) is 1.80. The van der Waals surface area contributed by atoms with Crippen molar-refractivity contribution in [1.82, 2.24) is 10.2 Å². The molecular weight excluding hydrogens is 220 g/mol. The highest BCUT2D eigenvalue weighted by atomic mass is 32.1. The van der Waals surface area contributed by atoms with E-state index in [1.807, 2.05) is 13.8 Å². The minimum Gasteiger partial charge on any atom is -0.335 e. The first kappa shape index (κ1) is 13.0. The number of hydrogen-bond acceptors (Lipinski definition) is 2. The van der Waals surface area contributed by atoms with Gasteiger partial charge in [-0.05, 0) is 32.9 Å². The Labute approximate surface area is 101 Å². The smallest absolute Gasteiger partial charge is 0.317 e. The lowest BCUT2D eigenvalue weighted by Crippen LogP contribution is -2.42. The molecule has 1 aromatic rings. The SMILES string of the molecule is CCN(C)C(=O)NC(C)Cc1ccc(C)s1. The molecule has 90 valence electrons. The second kappa shape index (κ2) is 5.89. The molecule has 0 spiro atoms. The van der Waals surface area contributed by atoms with Crippen molar-refractivity contribution in [2.45, 2.75) is 33.2 Å². The van der Waals surface area contributed by atoms with Gasteiger partial charge in [0.1, 0.15) is 0 Å². The van der Waals surface area contributed by atoms with Gasteiger partial charge >= 0.3 is 6.03 Å². The number of aryl methyl sites for hydroxylation is 1. The molecule has 1 unspecified atom stereocenters. The Kier molecular flexibility index (Phi) is 4.80. The van der Waals surface area contributed by atoms with Gasteiger partial charge in [0.2, 0.25) is 0 Å². The summed E-state index contributed by atoms with van der Waals surface area (Å²) < 4.78 is 0. The molecule has 16 heavy (non-hydrogen) atoms. The highest BCUT2D eigenvalue weighted by Crippen LogP contribution is 2.16. The fourth-order valence-electron chi connectivity index (χ4n) is 1.41. The molecule has 0 aliphatic carbocycles. The first-order valence-electron chi connectivity index (χ1n) is 5.60. The van der Waals surface area contributed by atoms with Crippen LogP contribution < -0.4 is 5.32 Å². The van der Waals surface area contributed by atoms with Crippen molar-refractivity contribution in [3.63, 3.8) is 0 Å². The van der Waals surface area contributed by atoms with Crippen LogP contribution in [0.15, 0.2) is 12.1 Å². The lowest BCUT2D eigenvalue weighted by atomic mass is 10.2. The molecule has 0 bridgehead atoms. The van der Waals surface area contributed by atoms with Crippen LogP contribution in [0.25, 0.3) is 0 Å². The summed E-state index contributed by atoms with van der Waals surface area (Å²) in [5.41, 5.74) is 0. The van der Waals surface area contributed by atoms with Crippen molar-refractivity contribution >= 4 is 17.4 Å². The van der Waals surface area contributed by atoms with E-state index in [0.29, 0.717) is 0 Å². The highest BCUT2D eigenvalue weighted by molar-refractivity contribution is 7.11. The van der Waals surface area contributed by atoms with Gasteiger partial charge in [0.05, 0.1) is 0 Å². The fourth-order valence-corrected chi connectivity index (χ4v) is 2.43. The molecule has 0 radical (unpaired) electrons. The number of rotatable bonds is 4. The Bertz CT molecular complexity index is 349. The maximum Gasteiger partial charge on any atom is 0.317 e. The summed E-state index contributed by atoms with van der Waals surface area (Å²) in [6.45, 7) is 6.84. The van der Waals surface area contributed by atoms with Crippen LogP contribution in [0.2, 0.25) is 0 Å². The van der Waals surface area contributed by atoms with Crippen LogP contribution in [-0.2, 0) is 6.42 Å². The molecule has 1 aromatic heterocycles. The summed E-state index contributed by atoms with van der Waals surface area (Å²) >= 11 is 1.79. The Morgan fingerprint density at radius 2 is 2.25 bits per heavy atom. The van der Waals surface area contributed by atoms with Gasteiger partial charge in [-0.2, -0.15) is 0 Å². The number of nitrogens with one attached hydrogen (secondary N) is 1. The monoisotopic (exact) mass is 240 g/mol. The topological polar surface area (TPSA) is 32.3 Å². The molecule has 4 heteroatoms. The molecule has 0 saturated heterocycles. The minimum absolute atomic E-state index is 0.00304. The van der Waals surface area contributed by atoms with Gasteiger partial charge in [-0.1, -0.05) is 0 Å². The van der Waals surface area contributed by atoms with Crippen molar-refractivity contribution in [1.29, 1.82) is 0 Å². The van der Waals surface area contributed by atoms with Crippen molar-refractivity contribution in [2.75, 3.05) is 13.6 Å². The molecule has 2 amide bonds. The summed E-state index contributed by atoms with van der Waals surface area (Å²) in [5.74, 6) is 0. The number of carbonyl (C=O) groups is 1. The molecule has 0 aliphatic rings. The second-order valence-corrected chi connectivity index (χ2v) is 5.45. The van der Waals surface area contributed by atoms with E-state index in [1.54, 1.807) is 23.3 Å². The second-order valence-electron chi connectivity index (χ2n) is 4.08. The number of carbonyl (C=O) groups excluding carboxylic acids is 1. The van der Waals surface area contributed by atoms with E-state index in [9.17, 15) is 4.79 Å². The number of urea groups is 1. The van der Waals surface area contributed by atoms with Gasteiger partial charge in [0, 0.05) is 35.8 Å². The van der Waals surface area contributed by atoms with Gasteiger partial charge in [-0.15, -0.1) is 11.3 Å². The van der Waals surface area contributed by atoms with Crippen molar-refractivity contribution in [3.8, 4) is 0 Å². The van der Waals surface area contributed by atoms with Crippen LogP contribution in [0.1, 0.15) is 23.6 Å². The predicted octanol–water partition coefficient (Wildman–Crippen LogP) is 2.65. The molecule has 1 N–H and O–H groups in total. The summed E-state index contributed by atoms with van der Waals surface area (Å²) in [4.78, 5) is 15.9. The van der Waals surface area contributed by atoms with Gasteiger partial charge in [-0.25, -0.2) is 4.79 Å². The maximum atomic E-state index is 11.6. The predicted molar refractivity (Wildman–Crippen MR) is 69.1 cm³/mol. The van der Waals surface area contributed by atoms with E-state index in [-0.39, 0.29) is 12.1 Å². The standard InChI is InChI=1S/C12H20N2OS/c1-5-14(4)12(15)13-9(2)8-11-7-6-10(3)16-11/h6-7,9H,5,8H2,1-4H3,(H,13,15). The van der Waals surface area contributed by atoms with E-state index < -0.39 is 0 Å². The largest absolute Gasteiger partial charge is 0.335 e. The normalized spacial score (nSPS) is 12.2. The molecule has 1 heterocycles. The maximum absolute atomic E-state index is 11.6. The Balaban J connectivity index is 2.41. The molecular formula is C12H20N2OS. The first-order chi connectivity index (χ1) is 7.52. The van der Waals surface area contributed by atoms with E-state index in [4.69, 9.17) is 0 Å². The van der Waals surface area contributed by atoms with Crippen LogP contribution in [0.4, 0.5) is 4.79 Å². The Morgan fingerprint density at radius 1 is 1.56 bits per heavy atom. The number of amides is 2. The number of nitrogens with zero attached hydrogens (tertiary/aromatic N) is 1. The number of hydrogen-bond donors (Lipinski definition) is 1. The van der Waals surface area contributed by atoms with Crippen LogP contribution in [0.3, 0.4) is 0 Å². The van der Waals surface area contributed by atoms with Crippen LogP contribution >= 0.6 is 11.3 Å². The zero-order chi connectivity index (χ0) is 12.1. The first-order valence-corrected chi connectivity index (χ1v) is 6.41. The third-order valence-corrected chi connectivity index (χ3v) is 3.52. The highest BCUT2D eigenvalue weighted by Gasteiger charge is 2.11. The molecule has 0 fully saturated rings. The van der Waals surface area contributed by atoms with E-state index >= 15 is 0 Å². The molecule has 1 atom stereocenters. The van der Waals surface area contributed by atoms with Crippen LogP contribution in [-0.4, -0.2) is 30.6 Å². The molecule has 0 aromatic carbocycles. The average molecular weight is 240 g/mol. The van der Waals surface area contributed by atoms with Gasteiger partial charge in [0.25, 0.3) is 0 Å². The summed E-state index contributed by atoms with van der Waals surface area (Å²) in [6.07, 6.45) is 0.905. The van der Waals surface area contributed by atoms with Crippen molar-refractivity contribution in [2.24, 2.45) is 0 Å². The van der Waals surface area contributed by atoms with Crippen LogP contribution in [0.5, 0.6) is 0 Å². The molecule has 0 saturated carbocycles.